The van der Waals surface area contributed by atoms with Crippen molar-refractivity contribution in [1.82, 2.24) is 10.2 Å². The number of hydrogen-bond acceptors (Lipinski definition) is 2. The first-order valence-electron chi connectivity index (χ1n) is 7.20. The predicted molar refractivity (Wildman–Crippen MR) is 81.9 cm³/mol. The van der Waals surface area contributed by atoms with Gasteiger partial charge in [-0.2, -0.15) is 0 Å². The maximum absolute atomic E-state index is 12.3. The average Bonchev–Trinajstić information content (AvgIpc) is 2.49. The van der Waals surface area contributed by atoms with E-state index in [0.717, 1.165) is 36.9 Å². The minimum absolute atomic E-state index is 0.0466. The maximum Gasteiger partial charge on any atom is 0.251 e. The Bertz CT molecular complexity index is 615. The number of nitrogens with zero attached hydrogens (tertiary/aromatic N) is 1. The van der Waals surface area contributed by atoms with E-state index in [4.69, 9.17) is 0 Å². The van der Waals surface area contributed by atoms with Crippen LogP contribution in [0.4, 0.5) is 0 Å². The van der Waals surface area contributed by atoms with Gasteiger partial charge in [-0.1, -0.05) is 30.3 Å². The molecule has 0 aromatic heterocycles. The number of fused-ring (bicyclic) bond motifs is 1. The third-order valence-electron chi connectivity index (χ3n) is 4.07. The van der Waals surface area contributed by atoms with Crippen LogP contribution in [0.15, 0.2) is 42.5 Å². The van der Waals surface area contributed by atoms with E-state index >= 15 is 0 Å². The van der Waals surface area contributed by atoms with Crippen LogP contribution in [0.3, 0.4) is 0 Å². The highest BCUT2D eigenvalue weighted by Gasteiger charge is 2.19. The fourth-order valence-corrected chi connectivity index (χ4v) is 2.75. The van der Waals surface area contributed by atoms with Crippen LogP contribution in [-0.4, -0.2) is 37.0 Å². The summed E-state index contributed by atoms with van der Waals surface area (Å²) < 4.78 is 0. The van der Waals surface area contributed by atoms with Crippen molar-refractivity contribution in [2.24, 2.45) is 0 Å². The molecule has 0 spiro atoms. The fourth-order valence-electron chi connectivity index (χ4n) is 2.75. The average molecular weight is 268 g/mol. The smallest absolute Gasteiger partial charge is 0.251 e. The minimum Gasteiger partial charge on any atom is -0.349 e. The summed E-state index contributed by atoms with van der Waals surface area (Å²) in [6, 6.07) is 14.3. The van der Waals surface area contributed by atoms with Gasteiger partial charge in [0.25, 0.3) is 5.91 Å². The van der Waals surface area contributed by atoms with E-state index in [9.17, 15) is 4.79 Å². The number of amides is 1. The molecule has 0 aliphatic carbocycles. The van der Waals surface area contributed by atoms with Crippen LogP contribution in [0.2, 0.25) is 0 Å². The number of rotatable bonds is 2. The summed E-state index contributed by atoms with van der Waals surface area (Å²) in [4.78, 5) is 14.6. The fraction of sp³-hybridized carbons (Fsp3) is 0.353. The first-order valence-corrected chi connectivity index (χ1v) is 7.20. The minimum atomic E-state index is 0.0466. The van der Waals surface area contributed by atoms with Crippen molar-refractivity contribution < 1.29 is 4.79 Å². The molecule has 1 aliphatic heterocycles. The van der Waals surface area contributed by atoms with Crippen molar-refractivity contribution in [2.45, 2.75) is 18.9 Å². The predicted octanol–water partition coefficient (Wildman–Crippen LogP) is 2.66. The van der Waals surface area contributed by atoms with E-state index < -0.39 is 0 Å². The van der Waals surface area contributed by atoms with Gasteiger partial charge in [0.15, 0.2) is 0 Å². The second kappa shape index (κ2) is 5.63. The Morgan fingerprint density at radius 2 is 1.80 bits per heavy atom. The van der Waals surface area contributed by atoms with Crippen LogP contribution >= 0.6 is 0 Å². The lowest BCUT2D eigenvalue weighted by Gasteiger charge is -2.29. The summed E-state index contributed by atoms with van der Waals surface area (Å²) >= 11 is 0. The summed E-state index contributed by atoms with van der Waals surface area (Å²) in [6.07, 6.45) is 2.08. The summed E-state index contributed by atoms with van der Waals surface area (Å²) in [7, 11) is 2.13. The molecule has 0 atom stereocenters. The van der Waals surface area contributed by atoms with Gasteiger partial charge in [0.2, 0.25) is 0 Å². The lowest BCUT2D eigenvalue weighted by molar-refractivity contribution is 0.0917. The van der Waals surface area contributed by atoms with Crippen LogP contribution < -0.4 is 5.32 Å². The van der Waals surface area contributed by atoms with Crippen LogP contribution in [0.1, 0.15) is 23.2 Å². The lowest BCUT2D eigenvalue weighted by atomic mass is 10.0. The van der Waals surface area contributed by atoms with Crippen molar-refractivity contribution in [3.63, 3.8) is 0 Å². The van der Waals surface area contributed by atoms with Crippen LogP contribution in [-0.2, 0) is 0 Å². The van der Waals surface area contributed by atoms with Crippen molar-refractivity contribution in [2.75, 3.05) is 20.1 Å². The van der Waals surface area contributed by atoms with Crippen molar-refractivity contribution in [1.29, 1.82) is 0 Å². The van der Waals surface area contributed by atoms with Gasteiger partial charge in [0.05, 0.1) is 0 Å². The summed E-state index contributed by atoms with van der Waals surface area (Å²) in [5.41, 5.74) is 0.752. The second-order valence-corrected chi connectivity index (χ2v) is 5.61. The first-order chi connectivity index (χ1) is 9.72. The maximum atomic E-state index is 12.3. The van der Waals surface area contributed by atoms with Crippen molar-refractivity contribution in [3.05, 3.63) is 48.0 Å². The molecule has 1 heterocycles. The number of carbonyl (C=O) groups is 1. The molecule has 0 bridgehead atoms. The van der Waals surface area contributed by atoms with Gasteiger partial charge in [-0.25, -0.2) is 0 Å². The molecule has 2 aromatic carbocycles. The Labute approximate surface area is 119 Å². The van der Waals surface area contributed by atoms with Crippen molar-refractivity contribution >= 4 is 16.7 Å². The molecular formula is C17H20N2O. The Hall–Kier alpha value is -1.87. The number of benzene rings is 2. The van der Waals surface area contributed by atoms with Crippen LogP contribution in [0.5, 0.6) is 0 Å². The van der Waals surface area contributed by atoms with Crippen LogP contribution in [0.25, 0.3) is 10.8 Å². The largest absolute Gasteiger partial charge is 0.349 e. The van der Waals surface area contributed by atoms with E-state index in [1.54, 1.807) is 0 Å². The zero-order chi connectivity index (χ0) is 13.9. The number of hydrogen-bond donors (Lipinski definition) is 1. The molecule has 1 aliphatic rings. The van der Waals surface area contributed by atoms with Crippen LogP contribution in [0, 0.1) is 0 Å². The quantitative estimate of drug-likeness (QED) is 0.908. The highest BCUT2D eigenvalue weighted by Crippen LogP contribution is 2.16. The Balaban J connectivity index is 1.72. The number of carbonyl (C=O) groups excluding carboxylic acids is 1. The molecule has 1 amide bonds. The standard InChI is InChI=1S/C17H20N2O/c1-19-10-8-16(9-11-19)18-17(20)15-7-6-13-4-2-3-5-14(13)12-15/h2-7,12,16H,8-11H2,1H3,(H,18,20). The van der Waals surface area contributed by atoms with E-state index in [-0.39, 0.29) is 5.91 Å². The van der Waals surface area contributed by atoms with E-state index in [0.29, 0.717) is 6.04 Å². The zero-order valence-corrected chi connectivity index (χ0v) is 11.8. The van der Waals surface area contributed by atoms with Gasteiger partial charge < -0.3 is 10.2 Å². The molecule has 3 nitrogen and oxygen atoms in total. The topological polar surface area (TPSA) is 32.3 Å². The highest BCUT2D eigenvalue weighted by molar-refractivity contribution is 5.98. The Kier molecular flexibility index (Phi) is 3.70. The molecule has 0 saturated carbocycles. The highest BCUT2D eigenvalue weighted by atomic mass is 16.1. The zero-order valence-electron chi connectivity index (χ0n) is 11.8. The molecule has 20 heavy (non-hydrogen) atoms. The third kappa shape index (κ3) is 2.83. The molecule has 0 unspecified atom stereocenters. The monoisotopic (exact) mass is 268 g/mol. The molecule has 104 valence electrons. The molecule has 3 rings (SSSR count). The number of nitrogens with one attached hydrogen (secondary N) is 1. The third-order valence-corrected chi connectivity index (χ3v) is 4.07. The Morgan fingerprint density at radius 3 is 2.55 bits per heavy atom. The SMILES string of the molecule is CN1CCC(NC(=O)c2ccc3ccccc3c2)CC1. The molecule has 3 heteroatoms. The van der Waals surface area contributed by atoms with Gasteiger partial charge in [-0.3, -0.25) is 4.79 Å². The normalized spacial score (nSPS) is 17.2. The lowest BCUT2D eigenvalue weighted by Crippen LogP contribution is -2.43. The summed E-state index contributed by atoms with van der Waals surface area (Å²) in [5.74, 6) is 0.0466. The Morgan fingerprint density at radius 1 is 1.10 bits per heavy atom. The second-order valence-electron chi connectivity index (χ2n) is 5.61. The van der Waals surface area contributed by atoms with Gasteiger partial charge in [0, 0.05) is 11.6 Å². The van der Waals surface area contributed by atoms with E-state index in [1.165, 1.54) is 5.39 Å². The molecule has 1 N–H and O–H groups in total. The van der Waals surface area contributed by atoms with Gasteiger partial charge in [-0.15, -0.1) is 0 Å². The molecule has 2 aromatic rings. The molecular weight excluding hydrogens is 248 g/mol. The summed E-state index contributed by atoms with van der Waals surface area (Å²) in [5, 5.41) is 5.44. The number of piperidine rings is 1. The van der Waals surface area contributed by atoms with Gasteiger partial charge >= 0.3 is 0 Å². The first kappa shape index (κ1) is 13.1. The van der Waals surface area contributed by atoms with Gasteiger partial charge in [-0.05, 0) is 55.9 Å². The van der Waals surface area contributed by atoms with Crippen molar-refractivity contribution in [3.8, 4) is 0 Å². The summed E-state index contributed by atoms with van der Waals surface area (Å²) in [6.45, 7) is 2.12. The molecule has 1 saturated heterocycles. The molecule has 1 fully saturated rings. The van der Waals surface area contributed by atoms with Gasteiger partial charge in [0.1, 0.15) is 0 Å². The number of likely N-dealkylation sites (tertiary alicyclic amines) is 1. The molecule has 0 radical (unpaired) electrons. The van der Waals surface area contributed by atoms with E-state index in [2.05, 4.69) is 23.3 Å². The van der Waals surface area contributed by atoms with E-state index in [1.807, 2.05) is 36.4 Å².